The van der Waals surface area contributed by atoms with Crippen molar-refractivity contribution in [2.45, 2.75) is 20.4 Å². The Hall–Kier alpha value is -3.26. The topological polar surface area (TPSA) is 79.9 Å². The number of aryl methyl sites for hydroxylation is 1. The molecule has 0 aliphatic heterocycles. The predicted octanol–water partition coefficient (Wildman–Crippen LogP) is 5.12. The van der Waals surface area contributed by atoms with Crippen molar-refractivity contribution < 1.29 is 9.49 Å². The molecule has 0 saturated carbocycles. The van der Waals surface area contributed by atoms with Gasteiger partial charge < -0.3 is 4.90 Å². The van der Waals surface area contributed by atoms with Gasteiger partial charge in [0.15, 0.2) is 0 Å². The zero-order valence-electron chi connectivity index (χ0n) is 17.2. The summed E-state index contributed by atoms with van der Waals surface area (Å²) >= 11 is 6.05. The molecule has 9 heteroatoms. The molecule has 0 fully saturated rings. The second-order valence-corrected chi connectivity index (χ2v) is 7.25. The summed E-state index contributed by atoms with van der Waals surface area (Å²) in [6.07, 6.45) is 4.15. The normalized spacial score (nSPS) is 11.2. The smallest absolute Gasteiger partial charge is 0.271 e. The molecule has 0 bridgehead atoms. The van der Waals surface area contributed by atoms with E-state index in [1.165, 1.54) is 24.0 Å². The van der Waals surface area contributed by atoms with Gasteiger partial charge >= 0.3 is 0 Å². The Morgan fingerprint density at radius 1 is 1.20 bits per heavy atom. The van der Waals surface area contributed by atoms with Gasteiger partial charge in [-0.05, 0) is 37.3 Å². The SMILES string of the molecule is CCN(CCn1cc[n+](C)c1C)c1ccc(N=Nc2ccc([N+](=O)[O-])cc2Cl)cc1. The number of nitro groups is 1. The van der Waals surface area contributed by atoms with Crippen molar-refractivity contribution in [3.8, 4) is 0 Å². The fraction of sp³-hybridized carbons (Fsp3) is 0.286. The highest BCUT2D eigenvalue weighted by Crippen LogP contribution is 2.30. The van der Waals surface area contributed by atoms with Gasteiger partial charge in [-0.1, -0.05) is 11.6 Å². The van der Waals surface area contributed by atoms with Crippen LogP contribution in [0.2, 0.25) is 5.02 Å². The molecule has 8 nitrogen and oxygen atoms in total. The van der Waals surface area contributed by atoms with Gasteiger partial charge in [0.25, 0.3) is 11.5 Å². The molecule has 3 rings (SSSR count). The summed E-state index contributed by atoms with van der Waals surface area (Å²) in [5.74, 6) is 1.21. The van der Waals surface area contributed by atoms with Crippen molar-refractivity contribution in [2.24, 2.45) is 17.3 Å². The molecule has 0 unspecified atom stereocenters. The lowest BCUT2D eigenvalue weighted by Gasteiger charge is -2.22. The van der Waals surface area contributed by atoms with Crippen LogP contribution < -0.4 is 9.47 Å². The Kier molecular flexibility index (Phi) is 6.79. The van der Waals surface area contributed by atoms with Crippen molar-refractivity contribution in [1.29, 1.82) is 0 Å². The quantitative estimate of drug-likeness (QED) is 0.216. The van der Waals surface area contributed by atoms with Crippen molar-refractivity contribution in [2.75, 3.05) is 18.0 Å². The number of rotatable bonds is 8. The number of aromatic nitrogens is 2. The minimum absolute atomic E-state index is 0.0770. The number of hydrogen-bond donors (Lipinski definition) is 0. The van der Waals surface area contributed by atoms with Gasteiger partial charge in [-0.15, -0.1) is 5.11 Å². The molecule has 0 amide bonds. The first-order valence-electron chi connectivity index (χ1n) is 9.61. The van der Waals surface area contributed by atoms with E-state index in [0.29, 0.717) is 11.4 Å². The standard InChI is InChI=1S/C21H24ClN6O2/c1-4-26(13-14-27-12-11-25(3)16(27)2)18-7-5-17(6-8-18)23-24-21-10-9-19(28(29)30)15-20(21)22/h5-12,15H,4,13-14H2,1-3H3/q+1. The number of azo groups is 1. The number of imidazole rings is 1. The Morgan fingerprint density at radius 3 is 2.50 bits per heavy atom. The second kappa shape index (κ2) is 9.49. The van der Waals surface area contributed by atoms with E-state index in [4.69, 9.17) is 11.6 Å². The fourth-order valence-corrected chi connectivity index (χ4v) is 3.28. The van der Waals surface area contributed by atoms with Crippen LogP contribution in [0.1, 0.15) is 12.7 Å². The van der Waals surface area contributed by atoms with Crippen molar-refractivity contribution in [3.63, 3.8) is 0 Å². The molecule has 156 valence electrons. The van der Waals surface area contributed by atoms with Crippen molar-refractivity contribution in [1.82, 2.24) is 4.57 Å². The number of hydrogen-bond acceptors (Lipinski definition) is 5. The maximum Gasteiger partial charge on any atom is 0.271 e. The first-order valence-corrected chi connectivity index (χ1v) is 9.99. The summed E-state index contributed by atoms with van der Waals surface area (Å²) in [7, 11) is 2.04. The Morgan fingerprint density at radius 2 is 1.93 bits per heavy atom. The van der Waals surface area contributed by atoms with E-state index in [-0.39, 0.29) is 10.7 Å². The number of benzene rings is 2. The number of halogens is 1. The maximum absolute atomic E-state index is 10.8. The average molecular weight is 428 g/mol. The van der Waals surface area contributed by atoms with Crippen LogP contribution in [-0.2, 0) is 13.6 Å². The van der Waals surface area contributed by atoms with Crippen LogP contribution in [0, 0.1) is 17.0 Å². The van der Waals surface area contributed by atoms with Crippen LogP contribution in [0.25, 0.3) is 0 Å². The zero-order valence-corrected chi connectivity index (χ0v) is 18.0. The molecular weight excluding hydrogens is 404 g/mol. The van der Waals surface area contributed by atoms with E-state index < -0.39 is 4.92 Å². The predicted molar refractivity (Wildman–Crippen MR) is 117 cm³/mol. The Labute approximate surface area is 180 Å². The Balaban J connectivity index is 1.66. The number of anilines is 1. The van der Waals surface area contributed by atoms with Crippen LogP contribution >= 0.6 is 11.6 Å². The molecule has 0 N–H and O–H groups in total. The molecule has 0 atom stereocenters. The van der Waals surface area contributed by atoms with Crippen molar-refractivity contribution >= 4 is 34.4 Å². The molecule has 2 aromatic carbocycles. The van der Waals surface area contributed by atoms with Crippen LogP contribution in [0.15, 0.2) is 65.1 Å². The molecular formula is C21H24ClN6O2+. The minimum Gasteiger partial charge on any atom is -0.368 e. The fourth-order valence-electron chi connectivity index (χ4n) is 3.07. The summed E-state index contributed by atoms with van der Waals surface area (Å²) < 4.78 is 4.34. The summed E-state index contributed by atoms with van der Waals surface area (Å²) in [5, 5.41) is 19.3. The van der Waals surface area contributed by atoms with Gasteiger partial charge in [-0.25, -0.2) is 9.13 Å². The molecule has 0 spiro atoms. The molecule has 0 aliphatic rings. The number of nitrogens with zero attached hydrogens (tertiary/aromatic N) is 6. The van der Waals surface area contributed by atoms with Crippen LogP contribution in [0.3, 0.4) is 0 Å². The van der Waals surface area contributed by atoms with Crippen LogP contribution in [-0.4, -0.2) is 22.6 Å². The molecule has 0 saturated heterocycles. The number of non-ortho nitro benzene ring substituents is 1. The van der Waals surface area contributed by atoms with E-state index >= 15 is 0 Å². The third kappa shape index (κ3) is 5.01. The highest BCUT2D eigenvalue weighted by atomic mass is 35.5. The van der Waals surface area contributed by atoms with E-state index in [1.54, 1.807) is 0 Å². The van der Waals surface area contributed by atoms with Gasteiger partial charge in [0.05, 0.1) is 29.2 Å². The van der Waals surface area contributed by atoms with E-state index in [1.807, 2.05) is 31.3 Å². The molecule has 0 radical (unpaired) electrons. The van der Waals surface area contributed by atoms with Crippen LogP contribution in [0.5, 0.6) is 0 Å². The molecule has 0 aliphatic carbocycles. The van der Waals surface area contributed by atoms with Gasteiger partial charge in [0, 0.05) is 31.3 Å². The van der Waals surface area contributed by atoms with Gasteiger partial charge in [0.1, 0.15) is 24.6 Å². The third-order valence-corrected chi connectivity index (χ3v) is 5.32. The summed E-state index contributed by atoms with van der Waals surface area (Å²) in [6.45, 7) is 6.93. The minimum atomic E-state index is -0.497. The Bertz CT molecular complexity index is 1060. The molecule has 1 heterocycles. The van der Waals surface area contributed by atoms with Gasteiger partial charge in [0.2, 0.25) is 0 Å². The van der Waals surface area contributed by atoms with E-state index in [9.17, 15) is 10.1 Å². The summed E-state index contributed by atoms with van der Waals surface area (Å²) in [4.78, 5) is 12.6. The molecule has 30 heavy (non-hydrogen) atoms. The average Bonchev–Trinajstić information content (AvgIpc) is 3.06. The third-order valence-electron chi connectivity index (χ3n) is 5.02. The molecule has 1 aromatic heterocycles. The highest BCUT2D eigenvalue weighted by molar-refractivity contribution is 6.33. The lowest BCUT2D eigenvalue weighted by Crippen LogP contribution is -2.31. The first kappa shape index (κ1) is 21.4. The number of nitro benzene ring substituents is 1. The first-order chi connectivity index (χ1) is 14.4. The summed E-state index contributed by atoms with van der Waals surface area (Å²) in [5.41, 5.74) is 2.10. The second-order valence-electron chi connectivity index (χ2n) is 6.84. The largest absolute Gasteiger partial charge is 0.368 e. The van der Waals surface area contributed by atoms with Gasteiger partial charge in [-0.2, -0.15) is 5.11 Å². The van der Waals surface area contributed by atoms with Crippen LogP contribution in [0.4, 0.5) is 22.7 Å². The zero-order chi connectivity index (χ0) is 21.7. The monoisotopic (exact) mass is 427 g/mol. The lowest BCUT2D eigenvalue weighted by atomic mass is 10.2. The van der Waals surface area contributed by atoms with E-state index in [2.05, 4.69) is 50.5 Å². The summed E-state index contributed by atoms with van der Waals surface area (Å²) in [6, 6.07) is 11.9. The number of likely N-dealkylation sites (N-methyl/N-ethyl adjacent to an activating group) is 1. The molecule has 3 aromatic rings. The van der Waals surface area contributed by atoms with Crippen molar-refractivity contribution in [3.05, 3.63) is 75.8 Å². The maximum atomic E-state index is 10.8. The van der Waals surface area contributed by atoms with E-state index in [0.717, 1.165) is 25.3 Å². The van der Waals surface area contributed by atoms with Gasteiger partial charge in [-0.3, -0.25) is 10.1 Å². The lowest BCUT2D eigenvalue weighted by molar-refractivity contribution is -0.677. The highest BCUT2D eigenvalue weighted by Gasteiger charge is 2.12.